The summed E-state index contributed by atoms with van der Waals surface area (Å²) in [6, 6.07) is 5.23. The Morgan fingerprint density at radius 1 is 1.26 bits per heavy atom. The molecule has 0 unspecified atom stereocenters. The van der Waals surface area contributed by atoms with Crippen molar-refractivity contribution < 1.29 is 27.2 Å². The molecule has 2 amide bonds. The Labute approximate surface area is 176 Å². The van der Waals surface area contributed by atoms with Crippen LogP contribution >= 0.6 is 0 Å². The van der Waals surface area contributed by atoms with Gasteiger partial charge < -0.3 is 24.8 Å². The van der Waals surface area contributed by atoms with E-state index in [2.05, 4.69) is 15.1 Å². The smallest absolute Gasteiger partial charge is 0.291 e. The summed E-state index contributed by atoms with van der Waals surface area (Å²) in [6.45, 7) is 2.37. The Balaban J connectivity index is 1.54. The van der Waals surface area contributed by atoms with Gasteiger partial charge in [-0.25, -0.2) is 8.78 Å². The quantitative estimate of drug-likeness (QED) is 0.621. The number of nitrogens with two attached hydrogens (primary N) is 1. The van der Waals surface area contributed by atoms with Crippen molar-refractivity contribution in [1.82, 2.24) is 9.80 Å². The maximum Gasteiger partial charge on any atom is 0.291 e. The molecule has 1 fully saturated rings. The largest absolute Gasteiger partial charge is 0.455 e. The van der Waals surface area contributed by atoms with E-state index in [0.29, 0.717) is 24.4 Å². The summed E-state index contributed by atoms with van der Waals surface area (Å²) in [5.74, 6) is -3.52. The van der Waals surface area contributed by atoms with Crippen LogP contribution in [-0.4, -0.2) is 54.8 Å². The van der Waals surface area contributed by atoms with Gasteiger partial charge in [0.2, 0.25) is 5.76 Å². The number of nitrogens with zero attached hydrogens (tertiary/aromatic N) is 2. The van der Waals surface area contributed by atoms with E-state index in [1.807, 2.05) is 14.1 Å². The van der Waals surface area contributed by atoms with E-state index < -0.39 is 29.2 Å². The summed E-state index contributed by atoms with van der Waals surface area (Å²) in [7, 11) is 4.09. The SMILES string of the molecule is CN(C)[C@H]1CCN(Cc2ccc(C(=O)Nc3c(C(N)=O)oc4c(F)cc(F)cc34)o2)C1. The Morgan fingerprint density at radius 2 is 2.03 bits per heavy atom. The van der Waals surface area contributed by atoms with E-state index in [4.69, 9.17) is 14.6 Å². The highest BCUT2D eigenvalue weighted by Gasteiger charge is 2.26. The first-order chi connectivity index (χ1) is 14.7. The van der Waals surface area contributed by atoms with Gasteiger partial charge in [0.1, 0.15) is 17.3 Å². The van der Waals surface area contributed by atoms with Crippen LogP contribution in [0.1, 0.15) is 33.3 Å². The lowest BCUT2D eigenvalue weighted by molar-refractivity contribution is 0.0976. The average Bonchev–Trinajstić information content (AvgIpc) is 3.41. The highest BCUT2D eigenvalue weighted by atomic mass is 19.1. The monoisotopic (exact) mass is 432 g/mol. The van der Waals surface area contributed by atoms with E-state index in [-0.39, 0.29) is 22.4 Å². The van der Waals surface area contributed by atoms with Crippen molar-refractivity contribution in [2.45, 2.75) is 19.0 Å². The third-order valence-corrected chi connectivity index (χ3v) is 5.41. The molecular weight excluding hydrogens is 410 g/mol. The normalized spacial score (nSPS) is 17.0. The van der Waals surface area contributed by atoms with Crippen LogP contribution in [0, 0.1) is 11.6 Å². The number of anilines is 1. The Bertz CT molecular complexity index is 1150. The second kappa shape index (κ2) is 8.12. The van der Waals surface area contributed by atoms with Gasteiger partial charge in [-0.3, -0.25) is 14.5 Å². The second-order valence-corrected chi connectivity index (χ2v) is 7.80. The molecule has 0 bridgehead atoms. The van der Waals surface area contributed by atoms with E-state index in [9.17, 15) is 18.4 Å². The average molecular weight is 432 g/mol. The van der Waals surface area contributed by atoms with Gasteiger partial charge >= 0.3 is 0 Å². The molecule has 31 heavy (non-hydrogen) atoms. The van der Waals surface area contributed by atoms with Gasteiger partial charge in [0, 0.05) is 25.2 Å². The van der Waals surface area contributed by atoms with Gasteiger partial charge in [0.05, 0.1) is 11.9 Å². The highest BCUT2D eigenvalue weighted by Crippen LogP contribution is 2.33. The Kier molecular flexibility index (Phi) is 5.50. The molecule has 2 aromatic heterocycles. The van der Waals surface area contributed by atoms with Crippen LogP contribution in [0.25, 0.3) is 11.0 Å². The zero-order valence-corrected chi connectivity index (χ0v) is 17.1. The lowest BCUT2D eigenvalue weighted by Crippen LogP contribution is -2.31. The van der Waals surface area contributed by atoms with E-state index in [1.54, 1.807) is 6.07 Å². The van der Waals surface area contributed by atoms with Crippen molar-refractivity contribution in [3.8, 4) is 0 Å². The molecule has 1 atom stereocenters. The fourth-order valence-electron chi connectivity index (χ4n) is 3.78. The van der Waals surface area contributed by atoms with Crippen LogP contribution in [0.5, 0.6) is 0 Å². The molecule has 1 aromatic carbocycles. The molecule has 1 saturated heterocycles. The van der Waals surface area contributed by atoms with Crippen molar-refractivity contribution in [2.75, 3.05) is 32.5 Å². The fourth-order valence-corrected chi connectivity index (χ4v) is 3.78. The maximum atomic E-state index is 14.0. The van der Waals surface area contributed by atoms with Gasteiger partial charge in [0.25, 0.3) is 11.8 Å². The van der Waals surface area contributed by atoms with E-state index in [1.165, 1.54) is 6.07 Å². The van der Waals surface area contributed by atoms with Crippen LogP contribution < -0.4 is 11.1 Å². The molecule has 4 rings (SSSR count). The minimum Gasteiger partial charge on any atom is -0.455 e. The molecule has 8 nitrogen and oxygen atoms in total. The number of hydrogen-bond donors (Lipinski definition) is 2. The van der Waals surface area contributed by atoms with Crippen molar-refractivity contribution >= 4 is 28.5 Å². The topological polar surface area (TPSA) is 105 Å². The van der Waals surface area contributed by atoms with Gasteiger partial charge in [-0.15, -0.1) is 0 Å². The van der Waals surface area contributed by atoms with E-state index in [0.717, 1.165) is 25.6 Å². The number of benzene rings is 1. The van der Waals surface area contributed by atoms with Crippen LogP contribution in [0.4, 0.5) is 14.5 Å². The molecule has 3 N–H and O–H groups in total. The van der Waals surface area contributed by atoms with Gasteiger partial charge in [-0.05, 0) is 38.7 Å². The molecule has 0 aliphatic carbocycles. The number of rotatable bonds is 6. The Hall–Kier alpha value is -3.24. The van der Waals surface area contributed by atoms with Crippen LogP contribution in [-0.2, 0) is 6.54 Å². The highest BCUT2D eigenvalue weighted by molar-refractivity contribution is 6.13. The molecule has 0 spiro atoms. The fraction of sp³-hybridized carbons (Fsp3) is 0.333. The van der Waals surface area contributed by atoms with E-state index >= 15 is 0 Å². The number of halogens is 2. The second-order valence-electron chi connectivity index (χ2n) is 7.80. The number of nitrogens with one attached hydrogen (secondary N) is 1. The minimum absolute atomic E-state index is 0.0139. The third-order valence-electron chi connectivity index (χ3n) is 5.41. The van der Waals surface area contributed by atoms with Crippen LogP contribution in [0.3, 0.4) is 0 Å². The number of carbonyl (C=O) groups excluding carboxylic acids is 2. The Morgan fingerprint density at radius 3 is 2.71 bits per heavy atom. The van der Waals surface area contributed by atoms with Gasteiger partial charge in [-0.1, -0.05) is 0 Å². The number of furan rings is 2. The standard InChI is InChI=1S/C21H22F2N4O4/c1-26(2)12-5-6-27(9-12)10-13-3-4-16(30-13)21(29)25-17-14-7-11(22)8-15(23)18(14)31-19(17)20(24)28/h3-4,7-8,12H,5-6,9-10H2,1-2H3,(H2,24,28)(H,25,29)/t12-/m0/s1. The first-order valence-corrected chi connectivity index (χ1v) is 9.73. The molecule has 3 heterocycles. The molecule has 1 aliphatic heterocycles. The molecular formula is C21H22F2N4O4. The van der Waals surface area contributed by atoms with Crippen molar-refractivity contribution in [3.05, 3.63) is 53.2 Å². The zero-order valence-electron chi connectivity index (χ0n) is 17.1. The van der Waals surface area contributed by atoms with Crippen molar-refractivity contribution in [1.29, 1.82) is 0 Å². The molecule has 0 saturated carbocycles. The predicted octanol–water partition coefficient (Wildman–Crippen LogP) is 2.79. The summed E-state index contributed by atoms with van der Waals surface area (Å²) in [6.07, 6.45) is 1.05. The van der Waals surface area contributed by atoms with Gasteiger partial charge in [0.15, 0.2) is 17.2 Å². The van der Waals surface area contributed by atoms with Crippen molar-refractivity contribution in [3.63, 3.8) is 0 Å². The molecule has 10 heteroatoms. The van der Waals surface area contributed by atoms with Crippen molar-refractivity contribution in [2.24, 2.45) is 5.73 Å². The number of hydrogen-bond acceptors (Lipinski definition) is 6. The predicted molar refractivity (Wildman–Crippen MR) is 109 cm³/mol. The summed E-state index contributed by atoms with van der Waals surface area (Å²) < 4.78 is 38.5. The minimum atomic E-state index is -1.03. The number of likely N-dealkylation sites (N-methyl/N-ethyl adjacent to an activating group) is 1. The lowest BCUT2D eigenvalue weighted by Gasteiger charge is -2.19. The first-order valence-electron chi connectivity index (χ1n) is 9.73. The number of primary amides is 1. The zero-order chi connectivity index (χ0) is 22.3. The molecule has 0 radical (unpaired) electrons. The summed E-state index contributed by atoms with van der Waals surface area (Å²) >= 11 is 0. The van der Waals surface area contributed by atoms with Crippen LogP contribution in [0.2, 0.25) is 0 Å². The first kappa shape index (κ1) is 21.0. The number of likely N-dealkylation sites (tertiary alicyclic amines) is 1. The third kappa shape index (κ3) is 4.17. The molecule has 1 aliphatic rings. The molecule has 164 valence electrons. The van der Waals surface area contributed by atoms with Crippen LogP contribution in [0.15, 0.2) is 33.1 Å². The summed E-state index contributed by atoms with van der Waals surface area (Å²) in [5, 5.41) is 2.32. The summed E-state index contributed by atoms with van der Waals surface area (Å²) in [5.41, 5.74) is 4.69. The number of fused-ring (bicyclic) bond motifs is 1. The summed E-state index contributed by atoms with van der Waals surface area (Å²) in [4.78, 5) is 28.8. The molecule has 3 aromatic rings. The number of amides is 2. The lowest BCUT2D eigenvalue weighted by atomic mass is 10.2. The van der Waals surface area contributed by atoms with Gasteiger partial charge in [-0.2, -0.15) is 0 Å². The number of carbonyl (C=O) groups is 2. The maximum absolute atomic E-state index is 14.0.